The number of hydrogen-bond acceptors (Lipinski definition) is 4. The number of imide groups is 1. The zero-order valence-corrected chi connectivity index (χ0v) is 13.9. The number of hydrogen-bond donors (Lipinski definition) is 2. The largest absolute Gasteiger partial charge is 0.481 e. The average molecular weight is 383 g/mol. The van der Waals surface area contributed by atoms with E-state index in [1.54, 1.807) is 0 Å². The van der Waals surface area contributed by atoms with Gasteiger partial charge in [-0.1, -0.05) is 23.2 Å². The summed E-state index contributed by atoms with van der Waals surface area (Å²) >= 11 is 11.6. The number of nitrogens with one attached hydrogen (secondary N) is 2. The van der Waals surface area contributed by atoms with Crippen molar-refractivity contribution in [1.82, 2.24) is 5.32 Å². The second-order valence-corrected chi connectivity index (χ2v) is 5.89. The molecule has 2 N–H and O–H groups in total. The van der Waals surface area contributed by atoms with Gasteiger partial charge in [0.25, 0.3) is 17.7 Å². The molecule has 0 unspecified atom stereocenters. The zero-order chi connectivity index (χ0) is 18.1. The summed E-state index contributed by atoms with van der Waals surface area (Å²) in [5.41, 5.74) is 0.728. The highest BCUT2D eigenvalue weighted by Gasteiger charge is 2.26. The summed E-state index contributed by atoms with van der Waals surface area (Å²) in [6.07, 6.45) is 0. The minimum absolute atomic E-state index is 0.0150. The Morgan fingerprint density at radius 3 is 2.40 bits per heavy atom. The van der Waals surface area contributed by atoms with Crippen molar-refractivity contribution < 1.29 is 23.5 Å². The maximum absolute atomic E-state index is 13.1. The molecule has 25 heavy (non-hydrogen) atoms. The van der Waals surface area contributed by atoms with Crippen LogP contribution in [0.4, 0.5) is 10.1 Å². The van der Waals surface area contributed by atoms with E-state index < -0.39 is 30.1 Å². The number of carbonyl (C=O) groups excluding carboxylic acids is 3. The van der Waals surface area contributed by atoms with Gasteiger partial charge in [-0.2, -0.15) is 0 Å². The van der Waals surface area contributed by atoms with Crippen molar-refractivity contribution in [3.63, 3.8) is 0 Å². The monoisotopic (exact) mass is 382 g/mol. The molecule has 3 rings (SSSR count). The molecule has 0 aliphatic carbocycles. The first-order chi connectivity index (χ1) is 11.8. The van der Waals surface area contributed by atoms with E-state index in [0.717, 1.165) is 12.1 Å². The maximum Gasteiger partial charge on any atom is 0.262 e. The fraction of sp³-hybridized carbons (Fsp3) is 0.0625. The van der Waals surface area contributed by atoms with E-state index in [2.05, 4.69) is 10.6 Å². The minimum Gasteiger partial charge on any atom is -0.481 e. The molecule has 0 radical (unpaired) electrons. The summed E-state index contributed by atoms with van der Waals surface area (Å²) in [5.74, 6) is -2.21. The Labute approximate surface area is 150 Å². The fourth-order valence-electron chi connectivity index (χ4n) is 2.25. The van der Waals surface area contributed by atoms with Crippen molar-refractivity contribution in [1.29, 1.82) is 0 Å². The van der Waals surface area contributed by atoms with Gasteiger partial charge in [-0.05, 0) is 30.3 Å². The van der Waals surface area contributed by atoms with Gasteiger partial charge in [-0.15, -0.1) is 0 Å². The molecule has 1 heterocycles. The van der Waals surface area contributed by atoms with Crippen LogP contribution in [0.3, 0.4) is 0 Å². The third kappa shape index (κ3) is 3.57. The molecule has 128 valence electrons. The van der Waals surface area contributed by atoms with Crippen LogP contribution in [0.5, 0.6) is 5.75 Å². The Morgan fingerprint density at radius 1 is 1.08 bits per heavy atom. The first-order valence-electron chi connectivity index (χ1n) is 6.92. The summed E-state index contributed by atoms with van der Waals surface area (Å²) in [5, 5.41) is 4.53. The Bertz CT molecular complexity index is 894. The van der Waals surface area contributed by atoms with Crippen molar-refractivity contribution in [3.8, 4) is 5.75 Å². The van der Waals surface area contributed by atoms with Crippen molar-refractivity contribution in [3.05, 3.63) is 57.3 Å². The van der Waals surface area contributed by atoms with Crippen LogP contribution in [0.25, 0.3) is 0 Å². The van der Waals surface area contributed by atoms with Crippen LogP contribution in [0.15, 0.2) is 30.3 Å². The number of rotatable bonds is 4. The Morgan fingerprint density at radius 2 is 1.72 bits per heavy atom. The molecule has 0 saturated heterocycles. The van der Waals surface area contributed by atoms with Crippen molar-refractivity contribution >= 4 is 46.6 Å². The van der Waals surface area contributed by atoms with Gasteiger partial charge >= 0.3 is 0 Å². The van der Waals surface area contributed by atoms with E-state index in [-0.39, 0.29) is 26.9 Å². The molecule has 0 bridgehead atoms. The molecule has 0 fully saturated rings. The molecule has 2 aromatic rings. The summed E-state index contributed by atoms with van der Waals surface area (Å²) in [4.78, 5) is 35.0. The summed E-state index contributed by atoms with van der Waals surface area (Å²) in [6.45, 7) is -0.437. The second kappa shape index (κ2) is 6.70. The highest BCUT2D eigenvalue weighted by molar-refractivity contribution is 6.37. The van der Waals surface area contributed by atoms with Crippen LogP contribution < -0.4 is 15.4 Å². The Kier molecular flexibility index (Phi) is 4.61. The predicted molar refractivity (Wildman–Crippen MR) is 88.8 cm³/mol. The van der Waals surface area contributed by atoms with E-state index in [0.29, 0.717) is 5.69 Å². The van der Waals surface area contributed by atoms with E-state index >= 15 is 0 Å². The average Bonchev–Trinajstić information content (AvgIpc) is 2.80. The Balaban J connectivity index is 1.67. The smallest absolute Gasteiger partial charge is 0.262 e. The molecule has 1 aliphatic rings. The van der Waals surface area contributed by atoms with Crippen LogP contribution in [0, 0.1) is 5.82 Å². The van der Waals surface area contributed by atoms with Gasteiger partial charge in [0, 0.05) is 5.69 Å². The number of halogens is 3. The summed E-state index contributed by atoms with van der Waals surface area (Å²) < 4.78 is 18.3. The van der Waals surface area contributed by atoms with Crippen molar-refractivity contribution in [2.24, 2.45) is 0 Å². The number of amides is 3. The fourth-order valence-corrected chi connectivity index (χ4v) is 2.82. The van der Waals surface area contributed by atoms with E-state index in [9.17, 15) is 18.8 Å². The molecule has 6 nitrogen and oxygen atoms in total. The van der Waals surface area contributed by atoms with Gasteiger partial charge in [-0.3, -0.25) is 19.7 Å². The van der Waals surface area contributed by atoms with Crippen LogP contribution in [-0.4, -0.2) is 24.3 Å². The molecule has 0 saturated carbocycles. The van der Waals surface area contributed by atoms with E-state index in [1.165, 1.54) is 18.2 Å². The number of benzene rings is 2. The quantitative estimate of drug-likeness (QED) is 0.795. The van der Waals surface area contributed by atoms with Crippen LogP contribution in [0.2, 0.25) is 10.0 Å². The number of fused-ring (bicyclic) bond motifs is 1. The maximum atomic E-state index is 13.1. The lowest BCUT2D eigenvalue weighted by Gasteiger charge is -2.10. The van der Waals surface area contributed by atoms with Crippen LogP contribution >= 0.6 is 23.2 Å². The molecular weight excluding hydrogens is 374 g/mol. The molecule has 0 aromatic heterocycles. The molecular formula is C16H9Cl2FN2O4. The lowest BCUT2D eigenvalue weighted by molar-refractivity contribution is -0.118. The third-order valence-corrected chi connectivity index (χ3v) is 3.89. The zero-order valence-electron chi connectivity index (χ0n) is 12.4. The number of anilines is 1. The Hall–Kier alpha value is -2.64. The predicted octanol–water partition coefficient (Wildman–Crippen LogP) is 3.03. The highest BCUT2D eigenvalue weighted by atomic mass is 35.5. The lowest BCUT2D eigenvalue weighted by atomic mass is 10.1. The molecule has 0 spiro atoms. The van der Waals surface area contributed by atoms with Gasteiger partial charge in [0.15, 0.2) is 12.4 Å². The topological polar surface area (TPSA) is 84.5 Å². The lowest BCUT2D eigenvalue weighted by Crippen LogP contribution is -2.21. The van der Waals surface area contributed by atoms with Crippen molar-refractivity contribution in [2.45, 2.75) is 0 Å². The first-order valence-corrected chi connectivity index (χ1v) is 7.67. The summed E-state index contributed by atoms with van der Waals surface area (Å²) in [6, 6.07) is 6.31. The molecule has 1 aliphatic heterocycles. The first kappa shape index (κ1) is 17.2. The van der Waals surface area contributed by atoms with Crippen LogP contribution in [-0.2, 0) is 4.79 Å². The van der Waals surface area contributed by atoms with Gasteiger partial charge in [-0.25, -0.2) is 4.39 Å². The van der Waals surface area contributed by atoms with E-state index in [4.69, 9.17) is 27.9 Å². The standard InChI is InChI=1S/C16H9Cl2FN2O4/c17-11-3-7(19)4-12(18)14(11)25-6-13(22)20-8-1-2-9-10(5-8)16(24)21-15(9)23/h1-5H,6H2,(H,20,22)(H,21,23,24). The molecule has 3 amide bonds. The van der Waals surface area contributed by atoms with Crippen LogP contribution in [0.1, 0.15) is 20.7 Å². The number of ether oxygens (including phenoxy) is 1. The van der Waals surface area contributed by atoms with Gasteiger partial charge in [0.1, 0.15) is 5.82 Å². The van der Waals surface area contributed by atoms with E-state index in [1.807, 2.05) is 0 Å². The SMILES string of the molecule is O=C(COc1c(Cl)cc(F)cc1Cl)Nc1ccc2c(c1)C(=O)NC2=O. The number of carbonyl (C=O) groups is 3. The highest BCUT2D eigenvalue weighted by Crippen LogP contribution is 2.33. The van der Waals surface area contributed by atoms with Crippen molar-refractivity contribution in [2.75, 3.05) is 11.9 Å². The van der Waals surface area contributed by atoms with Gasteiger partial charge < -0.3 is 10.1 Å². The second-order valence-electron chi connectivity index (χ2n) is 5.08. The van der Waals surface area contributed by atoms with Gasteiger partial charge in [0.05, 0.1) is 21.2 Å². The normalized spacial score (nSPS) is 12.6. The van der Waals surface area contributed by atoms with Gasteiger partial charge in [0.2, 0.25) is 0 Å². The summed E-state index contributed by atoms with van der Waals surface area (Å²) in [7, 11) is 0. The third-order valence-electron chi connectivity index (χ3n) is 3.33. The minimum atomic E-state index is -0.627. The molecule has 2 aromatic carbocycles. The molecule has 0 atom stereocenters. The molecule has 9 heteroatoms.